The van der Waals surface area contributed by atoms with Crippen molar-refractivity contribution >= 4 is 0 Å². The van der Waals surface area contributed by atoms with E-state index >= 15 is 0 Å². The average molecular weight is 165 g/mol. The predicted molar refractivity (Wildman–Crippen MR) is 45.0 cm³/mol. The third kappa shape index (κ3) is 1.16. The zero-order chi connectivity index (χ0) is 8.55. The highest BCUT2D eigenvalue weighted by molar-refractivity contribution is 4.97. The molecule has 0 amide bonds. The summed E-state index contributed by atoms with van der Waals surface area (Å²) in [6.07, 6.45) is 2.99. The van der Waals surface area contributed by atoms with Gasteiger partial charge in [0.15, 0.2) is 0 Å². The molecule has 1 N–H and O–H groups in total. The Bertz CT molecular complexity index is 325. The lowest BCUT2D eigenvalue weighted by Crippen LogP contribution is -2.35. The highest BCUT2D eigenvalue weighted by Crippen LogP contribution is 2.30. The number of hydrogen-bond donors (Lipinski definition) is 1. The first-order chi connectivity index (χ1) is 5.77. The molecule has 1 aliphatic rings. The van der Waals surface area contributed by atoms with E-state index in [2.05, 4.69) is 0 Å². The number of rotatable bonds is 1. The molecule has 1 fully saturated rings. The zero-order valence-electron chi connectivity index (χ0n) is 6.68. The molecule has 0 bridgehead atoms. The molecule has 1 saturated carbocycles. The Kier molecular flexibility index (Phi) is 1.73. The van der Waals surface area contributed by atoms with E-state index in [0.717, 1.165) is 0 Å². The topological polar surface area (TPSA) is 42.2 Å². The van der Waals surface area contributed by atoms with Crippen molar-refractivity contribution in [3.05, 3.63) is 34.7 Å². The average Bonchev–Trinajstić information content (AvgIpc) is 2.01. The van der Waals surface area contributed by atoms with Crippen LogP contribution in [0.4, 0.5) is 0 Å². The molecule has 0 aliphatic heterocycles. The molecule has 3 heteroatoms. The van der Waals surface area contributed by atoms with Crippen LogP contribution in [0.15, 0.2) is 29.2 Å². The van der Waals surface area contributed by atoms with E-state index < -0.39 is 0 Å². The van der Waals surface area contributed by atoms with E-state index in [4.69, 9.17) is 5.11 Å². The highest BCUT2D eigenvalue weighted by Gasteiger charge is 2.28. The SMILES string of the molecule is O=c1ccccn1C1CC(O)C1. The first kappa shape index (κ1) is 7.55. The minimum absolute atomic E-state index is 0.0226. The summed E-state index contributed by atoms with van der Waals surface area (Å²) in [7, 11) is 0. The lowest BCUT2D eigenvalue weighted by molar-refractivity contribution is 0.0471. The summed E-state index contributed by atoms with van der Waals surface area (Å²) >= 11 is 0. The summed E-state index contributed by atoms with van der Waals surface area (Å²) in [6.45, 7) is 0. The lowest BCUT2D eigenvalue weighted by Gasteiger charge is -2.32. The molecular formula is C9H11NO2. The van der Waals surface area contributed by atoms with Crippen LogP contribution in [0.2, 0.25) is 0 Å². The fraction of sp³-hybridized carbons (Fsp3) is 0.444. The van der Waals surface area contributed by atoms with Crippen molar-refractivity contribution in [3.8, 4) is 0 Å². The van der Waals surface area contributed by atoms with Crippen molar-refractivity contribution in [1.82, 2.24) is 4.57 Å². The lowest BCUT2D eigenvalue weighted by atomic mass is 9.89. The second-order valence-corrected chi connectivity index (χ2v) is 3.23. The van der Waals surface area contributed by atoms with Crippen LogP contribution in [-0.2, 0) is 0 Å². The number of aliphatic hydroxyl groups is 1. The maximum atomic E-state index is 11.2. The third-order valence-electron chi connectivity index (χ3n) is 2.33. The van der Waals surface area contributed by atoms with Crippen LogP contribution in [0.5, 0.6) is 0 Å². The van der Waals surface area contributed by atoms with E-state index in [1.165, 1.54) is 0 Å². The number of hydrogen-bond acceptors (Lipinski definition) is 2. The summed E-state index contributed by atoms with van der Waals surface area (Å²) in [5.74, 6) is 0. The van der Waals surface area contributed by atoms with Gasteiger partial charge in [0.2, 0.25) is 0 Å². The first-order valence-corrected chi connectivity index (χ1v) is 4.12. The Hall–Kier alpha value is -1.09. The van der Waals surface area contributed by atoms with Crippen LogP contribution in [0, 0.1) is 0 Å². The van der Waals surface area contributed by atoms with Crippen molar-refractivity contribution in [3.63, 3.8) is 0 Å². The summed E-state index contributed by atoms with van der Waals surface area (Å²) in [5.41, 5.74) is 0.0226. The standard InChI is InChI=1S/C9H11NO2/c11-8-5-7(6-8)10-4-2-1-3-9(10)12/h1-4,7-8,11H,5-6H2. The molecule has 0 saturated heterocycles. The van der Waals surface area contributed by atoms with Gasteiger partial charge in [-0.1, -0.05) is 6.07 Å². The van der Waals surface area contributed by atoms with Crippen LogP contribution in [0.3, 0.4) is 0 Å². The van der Waals surface area contributed by atoms with Crippen LogP contribution >= 0.6 is 0 Å². The molecule has 0 spiro atoms. The van der Waals surface area contributed by atoms with Crippen molar-refractivity contribution in [2.24, 2.45) is 0 Å². The van der Waals surface area contributed by atoms with E-state index in [9.17, 15) is 4.79 Å². The molecule has 64 valence electrons. The van der Waals surface area contributed by atoms with Crippen molar-refractivity contribution in [2.45, 2.75) is 25.0 Å². The van der Waals surface area contributed by atoms with Gasteiger partial charge in [0, 0.05) is 18.3 Å². The summed E-state index contributed by atoms with van der Waals surface area (Å²) in [6, 6.07) is 5.33. The molecule has 3 nitrogen and oxygen atoms in total. The summed E-state index contributed by atoms with van der Waals surface area (Å²) in [4.78, 5) is 11.2. The Labute approximate surface area is 70.3 Å². The van der Waals surface area contributed by atoms with Gasteiger partial charge in [-0.15, -0.1) is 0 Å². The fourth-order valence-electron chi connectivity index (χ4n) is 1.53. The normalized spacial score (nSPS) is 28.1. The van der Waals surface area contributed by atoms with E-state index in [1.807, 2.05) is 6.07 Å². The second-order valence-electron chi connectivity index (χ2n) is 3.23. The van der Waals surface area contributed by atoms with Gasteiger partial charge >= 0.3 is 0 Å². The van der Waals surface area contributed by atoms with Gasteiger partial charge in [-0.05, 0) is 18.9 Å². The molecule has 1 aliphatic carbocycles. The van der Waals surface area contributed by atoms with E-state index in [-0.39, 0.29) is 17.7 Å². The Balaban J connectivity index is 2.24. The smallest absolute Gasteiger partial charge is 0.250 e. The largest absolute Gasteiger partial charge is 0.393 e. The molecule has 0 unspecified atom stereocenters. The zero-order valence-corrected chi connectivity index (χ0v) is 6.68. The van der Waals surface area contributed by atoms with Gasteiger partial charge in [-0.2, -0.15) is 0 Å². The van der Waals surface area contributed by atoms with Crippen molar-refractivity contribution in [2.75, 3.05) is 0 Å². The first-order valence-electron chi connectivity index (χ1n) is 4.12. The quantitative estimate of drug-likeness (QED) is 0.660. The number of aliphatic hydroxyl groups excluding tert-OH is 1. The molecule has 1 aromatic heterocycles. The van der Waals surface area contributed by atoms with Gasteiger partial charge in [-0.25, -0.2) is 0 Å². The molecular weight excluding hydrogens is 154 g/mol. The van der Waals surface area contributed by atoms with Crippen molar-refractivity contribution in [1.29, 1.82) is 0 Å². The molecule has 12 heavy (non-hydrogen) atoms. The maximum absolute atomic E-state index is 11.2. The van der Waals surface area contributed by atoms with Crippen molar-refractivity contribution < 1.29 is 5.11 Å². The summed E-state index contributed by atoms with van der Waals surface area (Å²) in [5, 5.41) is 9.06. The highest BCUT2D eigenvalue weighted by atomic mass is 16.3. The number of nitrogens with zero attached hydrogens (tertiary/aromatic N) is 1. The number of aromatic nitrogens is 1. The maximum Gasteiger partial charge on any atom is 0.250 e. The Morgan fingerprint density at radius 3 is 2.75 bits per heavy atom. The monoisotopic (exact) mass is 165 g/mol. The molecule has 0 atom stereocenters. The third-order valence-corrected chi connectivity index (χ3v) is 2.33. The Morgan fingerprint density at radius 1 is 1.42 bits per heavy atom. The molecule has 1 heterocycles. The Morgan fingerprint density at radius 2 is 2.17 bits per heavy atom. The molecule has 0 radical (unpaired) electrons. The molecule has 0 aromatic carbocycles. The summed E-state index contributed by atoms with van der Waals surface area (Å²) < 4.78 is 1.69. The predicted octanol–water partition coefficient (Wildman–Crippen LogP) is 0.544. The van der Waals surface area contributed by atoms with Gasteiger partial charge in [0.25, 0.3) is 5.56 Å². The minimum Gasteiger partial charge on any atom is -0.393 e. The van der Waals surface area contributed by atoms with E-state index in [0.29, 0.717) is 12.8 Å². The molecule has 1 aromatic rings. The fourth-order valence-corrected chi connectivity index (χ4v) is 1.53. The van der Waals surface area contributed by atoms with Gasteiger partial charge in [0.05, 0.1) is 6.10 Å². The number of pyridine rings is 1. The van der Waals surface area contributed by atoms with Crippen LogP contribution in [0.1, 0.15) is 18.9 Å². The van der Waals surface area contributed by atoms with Gasteiger partial charge < -0.3 is 9.67 Å². The molecule has 2 rings (SSSR count). The van der Waals surface area contributed by atoms with Crippen LogP contribution in [0.25, 0.3) is 0 Å². The van der Waals surface area contributed by atoms with E-state index in [1.54, 1.807) is 22.9 Å². The van der Waals surface area contributed by atoms with Gasteiger partial charge in [-0.3, -0.25) is 4.79 Å². The van der Waals surface area contributed by atoms with Crippen LogP contribution < -0.4 is 5.56 Å². The minimum atomic E-state index is -0.206. The van der Waals surface area contributed by atoms with Crippen LogP contribution in [-0.4, -0.2) is 15.8 Å². The second kappa shape index (κ2) is 2.75. The van der Waals surface area contributed by atoms with Gasteiger partial charge in [0.1, 0.15) is 0 Å².